The van der Waals surface area contributed by atoms with Gasteiger partial charge in [-0.15, -0.1) is 0 Å². The molecule has 0 amide bonds. The van der Waals surface area contributed by atoms with Crippen molar-refractivity contribution in [1.29, 1.82) is 0 Å². The van der Waals surface area contributed by atoms with Crippen LogP contribution in [0.4, 0.5) is 0 Å². The lowest BCUT2D eigenvalue weighted by molar-refractivity contribution is 0.0794. The summed E-state index contributed by atoms with van der Waals surface area (Å²) in [6.07, 6.45) is 2.00. The Hall–Kier alpha value is -1.79. The Bertz CT molecular complexity index is 750. The maximum atomic E-state index is 6.40. The van der Waals surface area contributed by atoms with E-state index in [2.05, 4.69) is 55.5 Å². The molecule has 0 N–H and O–H groups in total. The highest BCUT2D eigenvalue weighted by Crippen LogP contribution is 2.38. The summed E-state index contributed by atoms with van der Waals surface area (Å²) in [5, 5.41) is 0. The lowest BCUT2D eigenvalue weighted by Crippen LogP contribution is -2.28. The summed E-state index contributed by atoms with van der Waals surface area (Å²) in [6, 6.07) is 6.11. The number of aryl methyl sites for hydroxylation is 1. The molecule has 25 heavy (non-hydrogen) atoms. The molecule has 0 radical (unpaired) electrons. The molecule has 3 rings (SSSR count). The first kappa shape index (κ1) is 18.0. The Kier molecular flexibility index (Phi) is 4.93. The molecule has 0 saturated heterocycles. The Labute approximate surface area is 151 Å². The summed E-state index contributed by atoms with van der Waals surface area (Å²) < 4.78 is 19.6. The standard InChI is InChI=1S/C19H28N2O3Si/c1-13-20-10-15(18(19(2,3)4)24-25(5)6)21(13)11-14-7-8-16-17(9-14)23-12-22-16/h7-10,18,25H,11-12H2,1-6H3. The fraction of sp³-hybridized carbons (Fsp3) is 0.526. The fourth-order valence-electron chi connectivity index (χ4n) is 3.11. The first-order chi connectivity index (χ1) is 11.8. The van der Waals surface area contributed by atoms with Gasteiger partial charge in [-0.1, -0.05) is 26.8 Å². The molecule has 0 aliphatic carbocycles. The molecule has 6 heteroatoms. The molecule has 1 unspecified atom stereocenters. The molecule has 5 nitrogen and oxygen atoms in total. The van der Waals surface area contributed by atoms with Crippen molar-refractivity contribution in [3.8, 4) is 11.5 Å². The first-order valence-corrected chi connectivity index (χ1v) is 11.6. The number of rotatable bonds is 5. The maximum Gasteiger partial charge on any atom is 0.231 e. The van der Waals surface area contributed by atoms with Gasteiger partial charge in [0.15, 0.2) is 20.5 Å². The molecule has 136 valence electrons. The van der Waals surface area contributed by atoms with Crippen molar-refractivity contribution in [1.82, 2.24) is 9.55 Å². The Balaban J connectivity index is 1.93. The molecule has 1 aliphatic heterocycles. The van der Waals surface area contributed by atoms with Crippen LogP contribution >= 0.6 is 0 Å². The lowest BCUT2D eigenvalue weighted by atomic mass is 9.87. The van der Waals surface area contributed by atoms with Gasteiger partial charge in [-0.2, -0.15) is 0 Å². The number of hydrogen-bond donors (Lipinski definition) is 0. The third kappa shape index (κ3) is 3.90. The van der Waals surface area contributed by atoms with Crippen LogP contribution in [0, 0.1) is 12.3 Å². The Morgan fingerprint density at radius 1 is 1.24 bits per heavy atom. The van der Waals surface area contributed by atoms with Gasteiger partial charge in [0, 0.05) is 6.54 Å². The van der Waals surface area contributed by atoms with Gasteiger partial charge in [0.1, 0.15) is 5.82 Å². The number of nitrogens with zero attached hydrogens (tertiary/aromatic N) is 2. The Morgan fingerprint density at radius 3 is 2.64 bits per heavy atom. The van der Waals surface area contributed by atoms with Crippen molar-refractivity contribution in [3.63, 3.8) is 0 Å². The predicted octanol–water partition coefficient (Wildman–Crippen LogP) is 4.06. The average Bonchev–Trinajstić information content (AvgIpc) is 3.11. The van der Waals surface area contributed by atoms with Crippen LogP contribution in [-0.2, 0) is 11.0 Å². The van der Waals surface area contributed by atoms with E-state index in [-0.39, 0.29) is 11.5 Å². The van der Waals surface area contributed by atoms with E-state index >= 15 is 0 Å². The van der Waals surface area contributed by atoms with Crippen LogP contribution < -0.4 is 9.47 Å². The summed E-state index contributed by atoms with van der Waals surface area (Å²) >= 11 is 0. The van der Waals surface area contributed by atoms with Crippen molar-refractivity contribution in [2.45, 2.75) is 53.4 Å². The number of imidazole rings is 1. The third-order valence-corrected chi connectivity index (χ3v) is 5.14. The van der Waals surface area contributed by atoms with Gasteiger partial charge >= 0.3 is 0 Å². The van der Waals surface area contributed by atoms with Gasteiger partial charge in [-0.25, -0.2) is 4.98 Å². The highest BCUT2D eigenvalue weighted by molar-refractivity contribution is 6.48. The monoisotopic (exact) mass is 360 g/mol. The topological polar surface area (TPSA) is 45.5 Å². The molecule has 1 aromatic carbocycles. The summed E-state index contributed by atoms with van der Waals surface area (Å²) in [5.41, 5.74) is 2.32. The average molecular weight is 361 g/mol. The molecule has 1 atom stereocenters. The van der Waals surface area contributed by atoms with E-state index < -0.39 is 9.04 Å². The third-order valence-electron chi connectivity index (χ3n) is 4.33. The molecular formula is C19H28N2O3Si. The highest BCUT2D eigenvalue weighted by atomic mass is 28.3. The second-order valence-corrected chi connectivity index (χ2v) is 10.3. The van der Waals surface area contributed by atoms with E-state index in [1.165, 1.54) is 5.56 Å². The van der Waals surface area contributed by atoms with Crippen LogP contribution in [0.3, 0.4) is 0 Å². The highest BCUT2D eigenvalue weighted by Gasteiger charge is 2.31. The number of hydrogen-bond acceptors (Lipinski definition) is 4. The second kappa shape index (κ2) is 6.84. The van der Waals surface area contributed by atoms with Crippen molar-refractivity contribution >= 4 is 9.04 Å². The number of aromatic nitrogens is 2. The minimum Gasteiger partial charge on any atom is -0.454 e. The summed E-state index contributed by atoms with van der Waals surface area (Å²) in [4.78, 5) is 4.57. The van der Waals surface area contributed by atoms with Gasteiger partial charge in [0.25, 0.3) is 0 Å². The SMILES string of the molecule is Cc1ncc(C(O[SiH](C)C)C(C)(C)C)n1Cc1ccc2c(c1)OCO2. The van der Waals surface area contributed by atoms with Gasteiger partial charge in [0.05, 0.1) is 18.0 Å². The van der Waals surface area contributed by atoms with Crippen LogP contribution in [0.5, 0.6) is 11.5 Å². The zero-order valence-corrected chi connectivity index (χ0v) is 17.2. The van der Waals surface area contributed by atoms with Gasteiger partial charge < -0.3 is 18.5 Å². The quantitative estimate of drug-likeness (QED) is 0.755. The lowest BCUT2D eigenvalue weighted by Gasteiger charge is -2.33. The minimum atomic E-state index is -1.18. The minimum absolute atomic E-state index is 0.0103. The molecular weight excluding hydrogens is 332 g/mol. The molecule has 2 heterocycles. The zero-order valence-electron chi connectivity index (χ0n) is 16.0. The summed E-state index contributed by atoms with van der Waals surface area (Å²) in [6.45, 7) is 14.2. The largest absolute Gasteiger partial charge is 0.454 e. The maximum absolute atomic E-state index is 6.40. The van der Waals surface area contributed by atoms with Gasteiger partial charge in [0.2, 0.25) is 6.79 Å². The van der Waals surface area contributed by atoms with E-state index in [4.69, 9.17) is 13.9 Å². The molecule has 0 fully saturated rings. The number of benzene rings is 1. The van der Waals surface area contributed by atoms with Crippen LogP contribution in [0.15, 0.2) is 24.4 Å². The van der Waals surface area contributed by atoms with Gasteiger partial charge in [-0.3, -0.25) is 0 Å². The van der Waals surface area contributed by atoms with Crippen molar-refractivity contribution < 1.29 is 13.9 Å². The fourth-order valence-corrected chi connectivity index (χ4v) is 4.20. The van der Waals surface area contributed by atoms with Crippen molar-refractivity contribution in [3.05, 3.63) is 41.5 Å². The molecule has 0 spiro atoms. The van der Waals surface area contributed by atoms with Crippen molar-refractivity contribution in [2.24, 2.45) is 5.41 Å². The van der Waals surface area contributed by atoms with E-state index in [1.54, 1.807) is 0 Å². The molecule has 1 aliphatic rings. The smallest absolute Gasteiger partial charge is 0.231 e. The van der Waals surface area contributed by atoms with Gasteiger partial charge in [-0.05, 0) is 43.1 Å². The van der Waals surface area contributed by atoms with E-state index in [9.17, 15) is 0 Å². The van der Waals surface area contributed by atoms with Crippen LogP contribution in [0.2, 0.25) is 13.1 Å². The molecule has 0 bridgehead atoms. The number of ether oxygens (including phenoxy) is 2. The molecule has 1 aromatic heterocycles. The second-order valence-electron chi connectivity index (χ2n) is 7.93. The van der Waals surface area contributed by atoms with Crippen LogP contribution in [0.25, 0.3) is 0 Å². The van der Waals surface area contributed by atoms with Crippen molar-refractivity contribution in [2.75, 3.05) is 6.79 Å². The summed E-state index contributed by atoms with van der Waals surface area (Å²) in [5.74, 6) is 2.62. The molecule has 0 saturated carbocycles. The van der Waals surface area contributed by atoms with E-state index in [1.807, 2.05) is 19.2 Å². The summed E-state index contributed by atoms with van der Waals surface area (Å²) in [7, 11) is -1.18. The van der Waals surface area contributed by atoms with E-state index in [0.717, 1.165) is 29.6 Å². The number of fused-ring (bicyclic) bond motifs is 1. The Morgan fingerprint density at radius 2 is 1.96 bits per heavy atom. The zero-order chi connectivity index (χ0) is 18.2. The van der Waals surface area contributed by atoms with Crippen LogP contribution in [-0.4, -0.2) is 25.4 Å². The van der Waals surface area contributed by atoms with E-state index in [0.29, 0.717) is 6.79 Å². The normalized spacial score (nSPS) is 15.0. The van der Waals surface area contributed by atoms with Crippen LogP contribution in [0.1, 0.15) is 44.0 Å². The first-order valence-electron chi connectivity index (χ1n) is 8.81. The molecule has 2 aromatic rings. The predicted molar refractivity (Wildman–Crippen MR) is 101 cm³/mol.